The maximum absolute atomic E-state index is 11.8. The Balaban J connectivity index is 1.80. The summed E-state index contributed by atoms with van der Waals surface area (Å²) >= 11 is 13.0. The Morgan fingerprint density at radius 3 is 2.72 bits per heavy atom. The van der Waals surface area contributed by atoms with Crippen LogP contribution < -0.4 is 5.32 Å². The maximum atomic E-state index is 11.8. The quantitative estimate of drug-likeness (QED) is 0.588. The molecule has 2 rings (SSSR count). The third kappa shape index (κ3) is 5.98. The zero-order chi connectivity index (χ0) is 18.2. The van der Waals surface area contributed by atoms with E-state index in [0.717, 1.165) is 0 Å². The number of carbonyl (C=O) groups is 2. The highest BCUT2D eigenvalue weighted by molar-refractivity contribution is 8.00. The van der Waals surface area contributed by atoms with Gasteiger partial charge in [0.1, 0.15) is 6.07 Å². The van der Waals surface area contributed by atoms with Crippen LogP contribution in [0.3, 0.4) is 0 Å². The maximum Gasteiger partial charge on any atom is 0.316 e. The number of nitrogens with zero attached hydrogens (tertiary/aromatic N) is 1. The van der Waals surface area contributed by atoms with Crippen molar-refractivity contribution in [2.24, 2.45) is 0 Å². The van der Waals surface area contributed by atoms with E-state index >= 15 is 0 Å². The molecule has 0 aliphatic heterocycles. The van der Waals surface area contributed by atoms with E-state index in [2.05, 4.69) is 5.32 Å². The number of amides is 1. The lowest BCUT2D eigenvalue weighted by Gasteiger charge is -2.08. The van der Waals surface area contributed by atoms with Gasteiger partial charge in [-0.25, -0.2) is 0 Å². The first-order valence-corrected chi connectivity index (χ1v) is 8.76. The van der Waals surface area contributed by atoms with Gasteiger partial charge >= 0.3 is 5.97 Å². The van der Waals surface area contributed by atoms with Crippen molar-refractivity contribution in [2.45, 2.75) is 4.90 Å². The average molecular weight is 395 g/mol. The molecule has 0 spiro atoms. The van der Waals surface area contributed by atoms with Crippen LogP contribution in [0.2, 0.25) is 10.0 Å². The Kier molecular flexibility index (Phi) is 7.14. The van der Waals surface area contributed by atoms with Crippen LogP contribution in [0.25, 0.3) is 0 Å². The van der Waals surface area contributed by atoms with Crippen molar-refractivity contribution in [3.8, 4) is 6.07 Å². The van der Waals surface area contributed by atoms with Gasteiger partial charge in [0.2, 0.25) is 0 Å². The minimum Gasteiger partial charge on any atom is -0.455 e. The molecule has 0 fully saturated rings. The highest BCUT2D eigenvalue weighted by Crippen LogP contribution is 2.29. The van der Waals surface area contributed by atoms with Gasteiger partial charge in [0.05, 0.1) is 22.0 Å². The molecular formula is C17H12Cl2N2O3S. The molecule has 0 saturated heterocycles. The monoisotopic (exact) mass is 394 g/mol. The molecule has 25 heavy (non-hydrogen) atoms. The highest BCUT2D eigenvalue weighted by atomic mass is 35.5. The lowest BCUT2D eigenvalue weighted by Crippen LogP contribution is -2.22. The van der Waals surface area contributed by atoms with Crippen LogP contribution in [0.1, 0.15) is 5.56 Å². The van der Waals surface area contributed by atoms with E-state index in [4.69, 9.17) is 33.2 Å². The van der Waals surface area contributed by atoms with Crippen molar-refractivity contribution >= 4 is 52.5 Å². The minimum absolute atomic E-state index is 0.0118. The fraction of sp³-hybridized carbons (Fsp3) is 0.118. The van der Waals surface area contributed by atoms with Crippen molar-refractivity contribution in [1.82, 2.24) is 0 Å². The summed E-state index contributed by atoms with van der Waals surface area (Å²) in [4.78, 5) is 24.2. The van der Waals surface area contributed by atoms with Crippen molar-refractivity contribution in [3.05, 3.63) is 58.1 Å². The van der Waals surface area contributed by atoms with Crippen LogP contribution in [-0.4, -0.2) is 24.2 Å². The number of nitriles is 1. The topological polar surface area (TPSA) is 79.2 Å². The molecule has 1 N–H and O–H groups in total. The standard InChI is InChI=1S/C17H12Cl2N2O3S/c18-12-5-6-13(19)15(7-12)25-10-17(23)24-9-16(22)21-14-4-2-1-3-11(14)8-20/h1-7H,9-10H2,(H,21,22). The van der Waals surface area contributed by atoms with Gasteiger partial charge in [0, 0.05) is 9.92 Å². The summed E-state index contributed by atoms with van der Waals surface area (Å²) < 4.78 is 4.91. The number of anilines is 1. The number of hydrogen-bond acceptors (Lipinski definition) is 5. The summed E-state index contributed by atoms with van der Waals surface area (Å²) in [6, 6.07) is 13.4. The van der Waals surface area contributed by atoms with E-state index in [-0.39, 0.29) is 5.75 Å². The largest absolute Gasteiger partial charge is 0.455 e. The summed E-state index contributed by atoms with van der Waals surface area (Å²) in [5, 5.41) is 12.5. The third-order valence-corrected chi connectivity index (χ3v) is 4.63. The van der Waals surface area contributed by atoms with Crippen LogP contribution in [0.5, 0.6) is 0 Å². The fourth-order valence-corrected chi connectivity index (χ4v) is 3.08. The number of thioether (sulfide) groups is 1. The van der Waals surface area contributed by atoms with Crippen LogP contribution in [0, 0.1) is 11.3 Å². The number of benzene rings is 2. The molecule has 0 aliphatic rings. The number of ether oxygens (including phenoxy) is 1. The average Bonchev–Trinajstić information content (AvgIpc) is 2.61. The molecule has 0 bridgehead atoms. The Hall–Kier alpha value is -2.20. The Morgan fingerprint density at radius 1 is 1.20 bits per heavy atom. The summed E-state index contributed by atoms with van der Waals surface area (Å²) in [5.74, 6) is -1.10. The second-order valence-corrected chi connectivity index (χ2v) is 6.59. The molecule has 0 aromatic heterocycles. The van der Waals surface area contributed by atoms with Crippen LogP contribution in [0.4, 0.5) is 5.69 Å². The Bertz CT molecular complexity index is 837. The number of carbonyl (C=O) groups excluding carboxylic acids is 2. The van der Waals surface area contributed by atoms with Crippen LogP contribution >= 0.6 is 35.0 Å². The number of halogens is 2. The molecule has 0 radical (unpaired) electrons. The molecule has 0 heterocycles. The van der Waals surface area contributed by atoms with E-state index < -0.39 is 18.5 Å². The van der Waals surface area contributed by atoms with E-state index in [0.29, 0.717) is 26.2 Å². The van der Waals surface area contributed by atoms with Gasteiger partial charge in [-0.3, -0.25) is 9.59 Å². The van der Waals surface area contributed by atoms with Gasteiger partial charge in [-0.2, -0.15) is 5.26 Å². The Labute approximate surface area is 158 Å². The molecule has 0 atom stereocenters. The van der Waals surface area contributed by atoms with Crippen LogP contribution in [0.15, 0.2) is 47.4 Å². The molecular weight excluding hydrogens is 383 g/mol. The molecule has 2 aromatic carbocycles. The fourth-order valence-electron chi connectivity index (χ4n) is 1.79. The first-order valence-electron chi connectivity index (χ1n) is 7.02. The number of nitrogens with one attached hydrogen (secondary N) is 1. The number of rotatable bonds is 6. The van der Waals surface area contributed by atoms with Gasteiger partial charge in [-0.15, -0.1) is 11.8 Å². The zero-order valence-corrected chi connectivity index (χ0v) is 15.1. The lowest BCUT2D eigenvalue weighted by atomic mass is 10.2. The van der Waals surface area contributed by atoms with Crippen molar-refractivity contribution in [3.63, 3.8) is 0 Å². The predicted octanol–water partition coefficient (Wildman–Crippen LogP) is 4.14. The van der Waals surface area contributed by atoms with E-state index in [1.54, 1.807) is 42.5 Å². The predicted molar refractivity (Wildman–Crippen MR) is 97.9 cm³/mol. The van der Waals surface area contributed by atoms with Crippen molar-refractivity contribution in [2.75, 3.05) is 17.7 Å². The normalized spacial score (nSPS) is 9.96. The van der Waals surface area contributed by atoms with Gasteiger partial charge in [-0.1, -0.05) is 35.3 Å². The summed E-state index contributed by atoms with van der Waals surface area (Å²) in [5.41, 5.74) is 0.694. The summed E-state index contributed by atoms with van der Waals surface area (Å²) in [6.45, 7) is -0.442. The third-order valence-electron chi connectivity index (χ3n) is 2.92. The molecule has 5 nitrogen and oxygen atoms in total. The number of esters is 1. The lowest BCUT2D eigenvalue weighted by molar-refractivity contribution is -0.144. The molecule has 0 aliphatic carbocycles. The van der Waals surface area contributed by atoms with Gasteiger partial charge < -0.3 is 10.1 Å². The smallest absolute Gasteiger partial charge is 0.316 e. The number of para-hydroxylation sites is 1. The summed E-state index contributed by atoms with van der Waals surface area (Å²) in [7, 11) is 0. The first kappa shape index (κ1) is 19.1. The van der Waals surface area contributed by atoms with Gasteiger partial charge in [-0.05, 0) is 30.3 Å². The Morgan fingerprint density at radius 2 is 1.96 bits per heavy atom. The summed E-state index contributed by atoms with van der Waals surface area (Å²) in [6.07, 6.45) is 0. The second-order valence-electron chi connectivity index (χ2n) is 4.73. The SMILES string of the molecule is N#Cc1ccccc1NC(=O)COC(=O)CSc1cc(Cl)ccc1Cl. The molecule has 8 heteroatoms. The van der Waals surface area contributed by atoms with Crippen molar-refractivity contribution < 1.29 is 14.3 Å². The van der Waals surface area contributed by atoms with E-state index in [1.807, 2.05) is 6.07 Å². The van der Waals surface area contributed by atoms with Gasteiger partial charge in [0.25, 0.3) is 5.91 Å². The second kappa shape index (κ2) is 9.33. The van der Waals surface area contributed by atoms with Crippen molar-refractivity contribution in [1.29, 1.82) is 5.26 Å². The molecule has 128 valence electrons. The van der Waals surface area contributed by atoms with Gasteiger partial charge in [0.15, 0.2) is 6.61 Å². The minimum atomic E-state index is -0.565. The molecule has 0 saturated carbocycles. The molecule has 0 unspecified atom stereocenters. The first-order chi connectivity index (χ1) is 12.0. The zero-order valence-electron chi connectivity index (χ0n) is 12.8. The highest BCUT2D eigenvalue weighted by Gasteiger charge is 2.11. The number of hydrogen-bond donors (Lipinski definition) is 1. The molecule has 1 amide bonds. The van der Waals surface area contributed by atoms with E-state index in [9.17, 15) is 9.59 Å². The van der Waals surface area contributed by atoms with E-state index in [1.165, 1.54) is 11.8 Å². The molecule has 2 aromatic rings. The van der Waals surface area contributed by atoms with Crippen LogP contribution in [-0.2, 0) is 14.3 Å².